The van der Waals surface area contributed by atoms with Crippen LogP contribution in [0.2, 0.25) is 0 Å². The standard InChI is InChI=1S/C17H23NO3/c1-2-20-16(19)14-8-10-17(11-9-14)12-15(18-21-17)13-6-4-3-5-7-13/h3-4,6,14H,2,5,7-12H2,1H3. The van der Waals surface area contributed by atoms with E-state index in [2.05, 4.69) is 23.4 Å². The maximum atomic E-state index is 11.8. The molecule has 0 amide bonds. The average molecular weight is 289 g/mol. The molecule has 0 saturated heterocycles. The third kappa shape index (κ3) is 3.04. The molecule has 1 heterocycles. The van der Waals surface area contributed by atoms with Crippen LogP contribution in [0.15, 0.2) is 29.0 Å². The highest BCUT2D eigenvalue weighted by molar-refractivity contribution is 6.01. The maximum absolute atomic E-state index is 11.8. The molecule has 1 spiro atoms. The molecule has 2 aliphatic carbocycles. The molecule has 0 aromatic rings. The number of rotatable bonds is 3. The zero-order chi connectivity index (χ0) is 14.7. The molecule has 0 N–H and O–H groups in total. The summed E-state index contributed by atoms with van der Waals surface area (Å²) in [5, 5.41) is 4.34. The Morgan fingerprint density at radius 3 is 2.95 bits per heavy atom. The predicted octanol–water partition coefficient (Wildman–Crippen LogP) is 3.53. The minimum atomic E-state index is -0.166. The molecule has 4 heteroatoms. The molecule has 1 fully saturated rings. The normalized spacial score (nSPS) is 31.6. The van der Waals surface area contributed by atoms with Gasteiger partial charge in [0.05, 0.1) is 18.2 Å². The summed E-state index contributed by atoms with van der Waals surface area (Å²) in [4.78, 5) is 17.6. The Hall–Kier alpha value is -1.58. The largest absolute Gasteiger partial charge is 0.466 e. The lowest BCUT2D eigenvalue weighted by molar-refractivity contribution is -0.151. The van der Waals surface area contributed by atoms with E-state index in [1.54, 1.807) is 0 Å². The molecule has 0 aromatic carbocycles. The quantitative estimate of drug-likeness (QED) is 0.747. The van der Waals surface area contributed by atoms with Crippen LogP contribution >= 0.6 is 0 Å². The van der Waals surface area contributed by atoms with Crippen LogP contribution in [-0.4, -0.2) is 23.9 Å². The van der Waals surface area contributed by atoms with Gasteiger partial charge in [-0.3, -0.25) is 4.79 Å². The minimum absolute atomic E-state index is 0.0417. The maximum Gasteiger partial charge on any atom is 0.308 e. The summed E-state index contributed by atoms with van der Waals surface area (Å²) in [6, 6.07) is 0. The number of carbonyl (C=O) groups excluding carboxylic acids is 1. The molecule has 0 atom stereocenters. The summed E-state index contributed by atoms with van der Waals surface area (Å²) in [7, 11) is 0. The number of hydrogen-bond acceptors (Lipinski definition) is 4. The van der Waals surface area contributed by atoms with Gasteiger partial charge in [-0.2, -0.15) is 0 Å². The van der Waals surface area contributed by atoms with Crippen LogP contribution in [0, 0.1) is 5.92 Å². The van der Waals surface area contributed by atoms with Crippen molar-refractivity contribution in [2.45, 2.75) is 57.5 Å². The number of allylic oxidation sites excluding steroid dienone is 4. The number of hydrogen-bond donors (Lipinski definition) is 0. The van der Waals surface area contributed by atoms with Crippen LogP contribution in [0.4, 0.5) is 0 Å². The van der Waals surface area contributed by atoms with Crippen LogP contribution in [0.1, 0.15) is 51.9 Å². The van der Waals surface area contributed by atoms with Crippen molar-refractivity contribution in [1.29, 1.82) is 0 Å². The summed E-state index contributed by atoms with van der Waals surface area (Å²) in [6.07, 6.45) is 12.9. The predicted molar refractivity (Wildman–Crippen MR) is 80.9 cm³/mol. The van der Waals surface area contributed by atoms with Gasteiger partial charge in [0.2, 0.25) is 0 Å². The molecule has 3 rings (SSSR count). The fourth-order valence-electron chi connectivity index (χ4n) is 3.44. The Morgan fingerprint density at radius 2 is 2.29 bits per heavy atom. The van der Waals surface area contributed by atoms with Gasteiger partial charge in [0.15, 0.2) is 0 Å². The summed E-state index contributed by atoms with van der Waals surface area (Å²) in [5.74, 6) is -0.00771. The molecule has 4 nitrogen and oxygen atoms in total. The highest BCUT2D eigenvalue weighted by Gasteiger charge is 2.44. The monoisotopic (exact) mass is 289 g/mol. The number of oxime groups is 1. The highest BCUT2D eigenvalue weighted by Crippen LogP contribution is 2.42. The lowest BCUT2D eigenvalue weighted by Crippen LogP contribution is -2.37. The Bertz CT molecular complexity index is 496. The van der Waals surface area contributed by atoms with Crippen molar-refractivity contribution < 1.29 is 14.4 Å². The van der Waals surface area contributed by atoms with Crippen LogP contribution in [0.5, 0.6) is 0 Å². The van der Waals surface area contributed by atoms with Crippen molar-refractivity contribution in [3.8, 4) is 0 Å². The van der Waals surface area contributed by atoms with E-state index < -0.39 is 0 Å². The Labute approximate surface area is 125 Å². The van der Waals surface area contributed by atoms with Crippen molar-refractivity contribution in [2.24, 2.45) is 11.1 Å². The van der Waals surface area contributed by atoms with E-state index in [9.17, 15) is 4.79 Å². The van der Waals surface area contributed by atoms with Gasteiger partial charge >= 0.3 is 5.97 Å². The van der Waals surface area contributed by atoms with E-state index in [-0.39, 0.29) is 17.5 Å². The second-order valence-corrected chi connectivity index (χ2v) is 6.17. The molecule has 1 aliphatic heterocycles. The molecule has 21 heavy (non-hydrogen) atoms. The minimum Gasteiger partial charge on any atom is -0.466 e. The molecule has 1 saturated carbocycles. The van der Waals surface area contributed by atoms with E-state index in [1.165, 1.54) is 5.57 Å². The summed E-state index contributed by atoms with van der Waals surface area (Å²) < 4.78 is 5.12. The second-order valence-electron chi connectivity index (χ2n) is 6.17. The lowest BCUT2D eigenvalue weighted by Gasteiger charge is -2.33. The Morgan fingerprint density at radius 1 is 1.48 bits per heavy atom. The van der Waals surface area contributed by atoms with Crippen molar-refractivity contribution >= 4 is 11.7 Å². The number of ether oxygens (including phenoxy) is 1. The van der Waals surface area contributed by atoms with E-state index in [1.807, 2.05) is 6.92 Å². The first-order chi connectivity index (χ1) is 10.2. The van der Waals surface area contributed by atoms with Crippen LogP contribution in [0.25, 0.3) is 0 Å². The van der Waals surface area contributed by atoms with Gasteiger partial charge in [-0.1, -0.05) is 23.4 Å². The fourth-order valence-corrected chi connectivity index (χ4v) is 3.44. The van der Waals surface area contributed by atoms with E-state index in [4.69, 9.17) is 9.57 Å². The van der Waals surface area contributed by atoms with Gasteiger partial charge in [-0.25, -0.2) is 0 Å². The summed E-state index contributed by atoms with van der Waals surface area (Å²) in [6.45, 7) is 2.32. The molecular weight excluding hydrogens is 266 g/mol. The number of carbonyl (C=O) groups is 1. The second kappa shape index (κ2) is 6.04. The SMILES string of the molecule is CCOC(=O)C1CCC2(CC1)CC(C1=CC=CCC1)=NO2. The fraction of sp³-hybridized carbons (Fsp3) is 0.647. The van der Waals surface area contributed by atoms with Gasteiger partial charge in [-0.05, 0) is 51.0 Å². The first kappa shape index (κ1) is 14.4. The van der Waals surface area contributed by atoms with E-state index >= 15 is 0 Å². The highest BCUT2D eigenvalue weighted by atomic mass is 16.7. The molecule has 0 bridgehead atoms. The first-order valence-electron chi connectivity index (χ1n) is 8.00. The van der Waals surface area contributed by atoms with E-state index in [0.29, 0.717) is 6.61 Å². The third-order valence-electron chi connectivity index (χ3n) is 4.74. The first-order valence-corrected chi connectivity index (χ1v) is 8.00. The van der Waals surface area contributed by atoms with Crippen LogP contribution in [-0.2, 0) is 14.4 Å². The number of esters is 1. The molecule has 3 aliphatic rings. The number of nitrogens with zero attached hydrogens (tertiary/aromatic N) is 1. The topological polar surface area (TPSA) is 47.9 Å². The van der Waals surface area contributed by atoms with Crippen molar-refractivity contribution in [3.63, 3.8) is 0 Å². The Balaban J connectivity index is 1.57. The van der Waals surface area contributed by atoms with Gasteiger partial charge in [0.25, 0.3) is 0 Å². The molecule has 114 valence electrons. The zero-order valence-electron chi connectivity index (χ0n) is 12.6. The van der Waals surface area contributed by atoms with Gasteiger partial charge < -0.3 is 9.57 Å². The summed E-state index contributed by atoms with van der Waals surface area (Å²) in [5.41, 5.74) is 2.25. The van der Waals surface area contributed by atoms with Crippen molar-refractivity contribution in [3.05, 3.63) is 23.8 Å². The summed E-state index contributed by atoms with van der Waals surface area (Å²) >= 11 is 0. The van der Waals surface area contributed by atoms with Crippen molar-refractivity contribution in [2.75, 3.05) is 6.61 Å². The van der Waals surface area contributed by atoms with Crippen LogP contribution < -0.4 is 0 Å². The third-order valence-corrected chi connectivity index (χ3v) is 4.74. The molecule has 0 radical (unpaired) electrons. The zero-order valence-corrected chi connectivity index (χ0v) is 12.6. The molecule has 0 unspecified atom stereocenters. The molecule has 0 aromatic heterocycles. The van der Waals surface area contributed by atoms with Gasteiger partial charge in [0.1, 0.15) is 5.60 Å². The van der Waals surface area contributed by atoms with E-state index in [0.717, 1.165) is 50.7 Å². The van der Waals surface area contributed by atoms with Gasteiger partial charge in [0, 0.05) is 6.42 Å². The Kier molecular flexibility index (Phi) is 4.13. The smallest absolute Gasteiger partial charge is 0.308 e. The lowest BCUT2D eigenvalue weighted by atomic mass is 9.75. The molecular formula is C17H23NO3. The van der Waals surface area contributed by atoms with Crippen molar-refractivity contribution in [1.82, 2.24) is 0 Å². The van der Waals surface area contributed by atoms with Gasteiger partial charge in [-0.15, -0.1) is 0 Å². The average Bonchev–Trinajstić information content (AvgIpc) is 2.93. The van der Waals surface area contributed by atoms with Crippen LogP contribution in [0.3, 0.4) is 0 Å².